The van der Waals surface area contributed by atoms with E-state index in [0.29, 0.717) is 0 Å². The standard InChI is InChI=1S/C8H8N2O6S/c11-8(12)5-17(15,16)9-6-1-3-7(4-2-6)10(13)14/h1-4,9H,5H2,(H,11,12). The Labute approximate surface area is 96.1 Å². The molecule has 8 nitrogen and oxygen atoms in total. The van der Waals surface area contributed by atoms with Crippen molar-refractivity contribution in [2.45, 2.75) is 0 Å². The number of nitrogens with zero attached hydrogens (tertiary/aromatic N) is 1. The number of carbonyl (C=O) groups is 1. The van der Waals surface area contributed by atoms with Crippen molar-refractivity contribution in [3.8, 4) is 0 Å². The first-order chi connectivity index (χ1) is 7.80. The fourth-order valence-corrected chi connectivity index (χ4v) is 1.92. The first-order valence-corrected chi connectivity index (χ1v) is 5.92. The van der Waals surface area contributed by atoms with Crippen LogP contribution in [-0.2, 0) is 14.8 Å². The van der Waals surface area contributed by atoms with E-state index in [9.17, 15) is 23.3 Å². The van der Waals surface area contributed by atoms with Crippen LogP contribution in [0.1, 0.15) is 0 Å². The van der Waals surface area contributed by atoms with Crippen LogP contribution in [0.15, 0.2) is 24.3 Å². The zero-order valence-electron chi connectivity index (χ0n) is 8.36. The lowest BCUT2D eigenvalue weighted by Crippen LogP contribution is -2.22. The summed E-state index contributed by atoms with van der Waals surface area (Å²) < 4.78 is 24.4. The highest BCUT2D eigenvalue weighted by atomic mass is 32.2. The summed E-state index contributed by atoms with van der Waals surface area (Å²) in [5.74, 6) is -2.55. The van der Waals surface area contributed by atoms with Crippen LogP contribution in [0.2, 0.25) is 0 Å². The third-order valence-electron chi connectivity index (χ3n) is 1.66. The molecule has 0 amide bonds. The van der Waals surface area contributed by atoms with Crippen LogP contribution >= 0.6 is 0 Å². The molecule has 1 aromatic carbocycles. The molecule has 0 aromatic heterocycles. The molecule has 0 saturated carbocycles. The zero-order chi connectivity index (χ0) is 13.1. The monoisotopic (exact) mass is 260 g/mol. The first kappa shape index (κ1) is 12.9. The van der Waals surface area contributed by atoms with Crippen LogP contribution in [-0.4, -0.2) is 30.2 Å². The normalized spacial score (nSPS) is 10.8. The number of hydrogen-bond donors (Lipinski definition) is 2. The molecular formula is C8H8N2O6S. The fraction of sp³-hybridized carbons (Fsp3) is 0.125. The molecule has 9 heteroatoms. The third-order valence-corrected chi connectivity index (χ3v) is 2.84. The highest BCUT2D eigenvalue weighted by molar-refractivity contribution is 7.93. The number of aliphatic carboxylic acids is 1. The van der Waals surface area contributed by atoms with E-state index in [1.807, 2.05) is 4.72 Å². The molecule has 0 aliphatic carbocycles. The van der Waals surface area contributed by atoms with E-state index in [4.69, 9.17) is 5.11 Å². The van der Waals surface area contributed by atoms with Gasteiger partial charge in [0.15, 0.2) is 5.75 Å². The number of carboxylic acids is 1. The Morgan fingerprint density at radius 1 is 1.35 bits per heavy atom. The molecule has 0 heterocycles. The summed E-state index contributed by atoms with van der Waals surface area (Å²) in [6.45, 7) is 0. The van der Waals surface area contributed by atoms with Crippen molar-refractivity contribution in [2.75, 3.05) is 10.5 Å². The maximum Gasteiger partial charge on any atom is 0.320 e. The summed E-state index contributed by atoms with van der Waals surface area (Å²) in [7, 11) is -3.99. The number of nitro groups is 1. The van der Waals surface area contributed by atoms with Gasteiger partial charge in [0.05, 0.1) is 4.92 Å². The molecule has 0 fully saturated rings. The molecule has 0 radical (unpaired) electrons. The van der Waals surface area contributed by atoms with Crippen LogP contribution < -0.4 is 4.72 Å². The third kappa shape index (κ3) is 4.07. The Balaban J connectivity index is 2.82. The van der Waals surface area contributed by atoms with Crippen molar-refractivity contribution in [3.05, 3.63) is 34.4 Å². The molecule has 0 atom stereocenters. The molecule has 1 rings (SSSR count). The summed E-state index contributed by atoms with van der Waals surface area (Å²) >= 11 is 0. The highest BCUT2D eigenvalue weighted by Crippen LogP contribution is 2.16. The molecule has 0 unspecified atom stereocenters. The molecule has 0 spiro atoms. The quantitative estimate of drug-likeness (QED) is 0.583. The van der Waals surface area contributed by atoms with E-state index >= 15 is 0 Å². The Kier molecular flexibility index (Phi) is 3.63. The molecule has 0 aliphatic heterocycles. The second-order valence-corrected chi connectivity index (χ2v) is 4.78. The second-order valence-electron chi connectivity index (χ2n) is 3.06. The minimum Gasteiger partial charge on any atom is -0.480 e. The van der Waals surface area contributed by atoms with E-state index in [2.05, 4.69) is 0 Å². The van der Waals surface area contributed by atoms with Gasteiger partial charge >= 0.3 is 5.97 Å². The van der Waals surface area contributed by atoms with E-state index in [-0.39, 0.29) is 11.4 Å². The van der Waals surface area contributed by atoms with Crippen LogP contribution in [0.5, 0.6) is 0 Å². The summed E-state index contributed by atoms with van der Waals surface area (Å²) in [6, 6.07) is 4.58. The van der Waals surface area contributed by atoms with E-state index in [0.717, 1.165) is 12.1 Å². The Morgan fingerprint density at radius 2 is 1.88 bits per heavy atom. The van der Waals surface area contributed by atoms with Gasteiger partial charge in [0.25, 0.3) is 5.69 Å². The number of rotatable bonds is 5. The summed E-state index contributed by atoms with van der Waals surface area (Å²) in [5.41, 5.74) is -0.122. The average Bonchev–Trinajstić information content (AvgIpc) is 2.15. The van der Waals surface area contributed by atoms with Gasteiger partial charge in [-0.25, -0.2) is 8.42 Å². The maximum atomic E-state index is 11.2. The maximum absolute atomic E-state index is 11.2. The summed E-state index contributed by atoms with van der Waals surface area (Å²) in [4.78, 5) is 19.9. The minimum atomic E-state index is -3.99. The zero-order valence-corrected chi connectivity index (χ0v) is 9.18. The van der Waals surface area contributed by atoms with Gasteiger partial charge in [0, 0.05) is 17.8 Å². The smallest absolute Gasteiger partial charge is 0.320 e. The van der Waals surface area contributed by atoms with Crippen LogP contribution in [0.4, 0.5) is 11.4 Å². The second kappa shape index (κ2) is 4.78. The van der Waals surface area contributed by atoms with E-state index in [1.165, 1.54) is 12.1 Å². The van der Waals surface area contributed by atoms with Crippen molar-refractivity contribution in [3.63, 3.8) is 0 Å². The molecular weight excluding hydrogens is 252 g/mol. The predicted molar refractivity (Wildman–Crippen MR) is 58.1 cm³/mol. The average molecular weight is 260 g/mol. The summed E-state index contributed by atoms with van der Waals surface area (Å²) in [6.07, 6.45) is 0. The van der Waals surface area contributed by atoms with Crippen molar-refractivity contribution < 1.29 is 23.2 Å². The van der Waals surface area contributed by atoms with Crippen molar-refractivity contribution >= 4 is 27.4 Å². The number of sulfonamides is 1. The van der Waals surface area contributed by atoms with Crippen molar-refractivity contribution in [1.29, 1.82) is 0 Å². The molecule has 17 heavy (non-hydrogen) atoms. The van der Waals surface area contributed by atoms with Gasteiger partial charge in [-0.3, -0.25) is 19.6 Å². The predicted octanol–water partition coefficient (Wildman–Crippen LogP) is 0.421. The number of non-ortho nitro benzene ring substituents is 1. The lowest BCUT2D eigenvalue weighted by molar-refractivity contribution is -0.384. The van der Waals surface area contributed by atoms with Crippen LogP contribution in [0.25, 0.3) is 0 Å². The molecule has 0 bridgehead atoms. The fourth-order valence-electron chi connectivity index (χ4n) is 1.03. The van der Waals surface area contributed by atoms with Crippen LogP contribution in [0, 0.1) is 10.1 Å². The molecule has 0 aliphatic rings. The first-order valence-electron chi connectivity index (χ1n) is 4.27. The van der Waals surface area contributed by atoms with Gasteiger partial charge in [0.1, 0.15) is 0 Å². The van der Waals surface area contributed by atoms with E-state index in [1.54, 1.807) is 0 Å². The Morgan fingerprint density at radius 3 is 2.29 bits per heavy atom. The molecule has 1 aromatic rings. The largest absolute Gasteiger partial charge is 0.480 e. The number of anilines is 1. The van der Waals surface area contributed by atoms with Crippen molar-refractivity contribution in [2.24, 2.45) is 0 Å². The topological polar surface area (TPSA) is 127 Å². The van der Waals surface area contributed by atoms with Crippen molar-refractivity contribution in [1.82, 2.24) is 0 Å². The lowest BCUT2D eigenvalue weighted by Gasteiger charge is -2.05. The molecule has 2 N–H and O–H groups in total. The van der Waals surface area contributed by atoms with Gasteiger partial charge in [-0.05, 0) is 12.1 Å². The van der Waals surface area contributed by atoms with E-state index < -0.39 is 26.7 Å². The lowest BCUT2D eigenvalue weighted by atomic mass is 10.3. The van der Waals surface area contributed by atoms with Gasteiger partial charge in [-0.2, -0.15) is 0 Å². The number of nitrogens with one attached hydrogen (secondary N) is 1. The Bertz CT molecular complexity index is 536. The van der Waals surface area contributed by atoms with Crippen LogP contribution in [0.3, 0.4) is 0 Å². The number of carboxylic acid groups (broad SMARTS) is 1. The van der Waals surface area contributed by atoms with Gasteiger partial charge in [-0.15, -0.1) is 0 Å². The Hall–Kier alpha value is -2.16. The van der Waals surface area contributed by atoms with Gasteiger partial charge in [-0.1, -0.05) is 0 Å². The minimum absolute atomic E-state index is 0.0665. The SMILES string of the molecule is O=C(O)CS(=O)(=O)Nc1ccc([N+](=O)[O-])cc1. The molecule has 0 saturated heterocycles. The summed E-state index contributed by atoms with van der Waals surface area (Å²) in [5, 5.41) is 18.7. The number of benzene rings is 1. The number of hydrogen-bond acceptors (Lipinski definition) is 5. The van der Waals surface area contributed by atoms with Gasteiger partial charge < -0.3 is 5.11 Å². The highest BCUT2D eigenvalue weighted by Gasteiger charge is 2.15. The molecule has 92 valence electrons. The number of nitro benzene ring substituents is 1. The van der Waals surface area contributed by atoms with Gasteiger partial charge in [0.2, 0.25) is 10.0 Å².